The van der Waals surface area contributed by atoms with Crippen LogP contribution >= 0.6 is 11.3 Å². The van der Waals surface area contributed by atoms with Crippen LogP contribution in [0.2, 0.25) is 0 Å². The molecule has 1 aliphatic rings. The van der Waals surface area contributed by atoms with Crippen molar-refractivity contribution in [3.05, 3.63) is 40.9 Å². The van der Waals surface area contributed by atoms with Crippen LogP contribution in [0.15, 0.2) is 40.5 Å². The maximum absolute atomic E-state index is 12.8. The van der Waals surface area contributed by atoms with Gasteiger partial charge in [0.15, 0.2) is 20.7 Å². The molecule has 164 valence electrons. The van der Waals surface area contributed by atoms with E-state index in [1.807, 2.05) is 0 Å². The minimum Gasteiger partial charge on any atom is -0.396 e. The highest BCUT2D eigenvalue weighted by molar-refractivity contribution is 7.92. The second kappa shape index (κ2) is 10.1. The van der Waals surface area contributed by atoms with Gasteiger partial charge in [-0.1, -0.05) is 28.6 Å². The average molecular weight is 456 g/mol. The third-order valence-electron chi connectivity index (χ3n) is 4.24. The number of carbonyl (C=O) groups excluding carboxylic acids is 1. The number of ether oxygens (including phenoxy) is 1. The predicted molar refractivity (Wildman–Crippen MR) is 114 cm³/mol. The summed E-state index contributed by atoms with van der Waals surface area (Å²) in [6.45, 7) is 0.457. The Kier molecular flexibility index (Phi) is 7.53. The van der Waals surface area contributed by atoms with Crippen molar-refractivity contribution in [2.75, 3.05) is 25.6 Å². The van der Waals surface area contributed by atoms with Gasteiger partial charge in [0.25, 0.3) is 5.91 Å². The number of hydrogen-bond donors (Lipinski definition) is 2. The fourth-order valence-electron chi connectivity index (χ4n) is 2.57. The molecule has 1 aromatic carbocycles. The number of oxime groups is 1. The molecule has 0 bridgehead atoms. The third-order valence-corrected chi connectivity index (χ3v) is 7.41. The van der Waals surface area contributed by atoms with E-state index in [1.54, 1.807) is 13.3 Å². The molecule has 1 amide bonds. The van der Waals surface area contributed by atoms with Crippen molar-refractivity contribution in [1.82, 2.24) is 4.98 Å². The van der Waals surface area contributed by atoms with Crippen LogP contribution in [-0.2, 0) is 30.8 Å². The zero-order valence-electron chi connectivity index (χ0n) is 16.4. The van der Waals surface area contributed by atoms with Crippen molar-refractivity contribution in [2.24, 2.45) is 5.16 Å². The van der Waals surface area contributed by atoms with Gasteiger partial charge in [-0.05, 0) is 25.0 Å². The molecule has 1 fully saturated rings. The van der Waals surface area contributed by atoms with Gasteiger partial charge in [0.05, 0.1) is 21.6 Å². The number of methoxy groups -OCH3 is 1. The average Bonchev–Trinajstić information content (AvgIpc) is 3.51. The Morgan fingerprint density at radius 2 is 2.10 bits per heavy atom. The quantitative estimate of drug-likeness (QED) is 0.302. The number of amides is 1. The lowest BCUT2D eigenvalue weighted by Gasteiger charge is -2.08. The highest BCUT2D eigenvalue weighted by Crippen LogP contribution is 2.33. The molecule has 0 unspecified atom stereocenters. The fraction of sp³-hybridized carbons (Fsp3) is 0.421. The molecule has 2 N–H and O–H groups in total. The number of rotatable bonds is 11. The number of aliphatic hydroxyl groups excluding tert-OH is 1. The van der Waals surface area contributed by atoms with Gasteiger partial charge in [-0.15, -0.1) is 0 Å². The highest BCUT2D eigenvalue weighted by Gasteiger charge is 2.36. The lowest BCUT2D eigenvalue weighted by Crippen LogP contribution is -2.24. The van der Waals surface area contributed by atoms with E-state index in [0.717, 1.165) is 4.88 Å². The molecule has 1 aliphatic carbocycles. The van der Waals surface area contributed by atoms with E-state index in [-0.39, 0.29) is 30.5 Å². The van der Waals surface area contributed by atoms with Crippen molar-refractivity contribution in [3.8, 4) is 0 Å². The summed E-state index contributed by atoms with van der Waals surface area (Å²) in [4.78, 5) is 23.1. The van der Waals surface area contributed by atoms with E-state index in [9.17, 15) is 13.2 Å². The van der Waals surface area contributed by atoms with Crippen molar-refractivity contribution in [3.63, 3.8) is 0 Å². The number of sulfone groups is 1. The summed E-state index contributed by atoms with van der Waals surface area (Å²) in [6.07, 6.45) is 3.33. The van der Waals surface area contributed by atoms with Crippen LogP contribution in [0.4, 0.5) is 5.13 Å². The molecule has 1 aromatic heterocycles. The van der Waals surface area contributed by atoms with Gasteiger partial charge in [0, 0.05) is 33.3 Å². The lowest BCUT2D eigenvalue weighted by atomic mass is 10.1. The van der Waals surface area contributed by atoms with Crippen molar-refractivity contribution in [1.29, 1.82) is 0 Å². The maximum atomic E-state index is 12.8. The van der Waals surface area contributed by atoms with Gasteiger partial charge in [-0.25, -0.2) is 13.4 Å². The summed E-state index contributed by atoms with van der Waals surface area (Å²) in [5.74, 6) is -0.546. The Balaban J connectivity index is 0.00000341. The minimum absolute atomic E-state index is 0. The maximum Gasteiger partial charge on any atom is 0.280 e. The number of benzene rings is 1. The van der Waals surface area contributed by atoms with E-state index in [2.05, 4.69) is 15.5 Å². The monoisotopic (exact) mass is 455 g/mol. The second-order valence-electron chi connectivity index (χ2n) is 6.64. The van der Waals surface area contributed by atoms with E-state index >= 15 is 0 Å². The standard InChI is InChI=1S/C19H23N3O6S2.H2/c1-27-12-14-11-20-19(29-14)21-18(24)17(22-28-10-2-9-23)13-3-5-15(6-4-13)30(25,26)16-7-8-16;/h3-6,11,16,23H,2,7-10,12H2,1H3,(H,20,21,24);1H/b22-17+;. The topological polar surface area (TPSA) is 127 Å². The number of aliphatic hydroxyl groups is 1. The number of hydrogen-bond acceptors (Lipinski definition) is 9. The highest BCUT2D eigenvalue weighted by atomic mass is 32.2. The molecule has 0 spiro atoms. The Morgan fingerprint density at radius 1 is 1.37 bits per heavy atom. The molecule has 0 radical (unpaired) electrons. The summed E-state index contributed by atoms with van der Waals surface area (Å²) in [6, 6.07) is 6.00. The smallest absolute Gasteiger partial charge is 0.280 e. The van der Waals surface area contributed by atoms with Gasteiger partial charge < -0.3 is 14.7 Å². The van der Waals surface area contributed by atoms with Crippen LogP contribution in [0.3, 0.4) is 0 Å². The molecular weight excluding hydrogens is 430 g/mol. The van der Waals surface area contributed by atoms with E-state index in [4.69, 9.17) is 14.7 Å². The summed E-state index contributed by atoms with van der Waals surface area (Å²) in [5.41, 5.74) is 0.381. The van der Waals surface area contributed by atoms with Gasteiger partial charge >= 0.3 is 0 Å². The first kappa shape index (κ1) is 22.3. The molecule has 0 atom stereocenters. The largest absolute Gasteiger partial charge is 0.396 e. The molecule has 0 aliphatic heterocycles. The Bertz CT molecular complexity index is 1000. The van der Waals surface area contributed by atoms with Crippen LogP contribution in [-0.4, -0.2) is 55.7 Å². The SMILES string of the molecule is COCc1cnc(NC(=O)/C(=N/OCCCO)c2ccc(S(=O)(=O)C3CC3)cc2)s1.[HH]. The zero-order chi connectivity index (χ0) is 21.6. The number of nitrogens with zero attached hydrogens (tertiary/aromatic N) is 2. The van der Waals surface area contributed by atoms with Gasteiger partial charge in [-0.3, -0.25) is 10.1 Å². The molecule has 2 aromatic rings. The molecule has 9 nitrogen and oxygen atoms in total. The van der Waals surface area contributed by atoms with Crippen LogP contribution < -0.4 is 5.32 Å². The zero-order valence-corrected chi connectivity index (χ0v) is 18.0. The normalized spacial score (nSPS) is 14.5. The first-order valence-corrected chi connectivity index (χ1v) is 11.7. The van der Waals surface area contributed by atoms with Crippen LogP contribution in [0.1, 0.15) is 31.1 Å². The molecule has 30 heavy (non-hydrogen) atoms. The Morgan fingerprint density at radius 3 is 2.73 bits per heavy atom. The lowest BCUT2D eigenvalue weighted by molar-refractivity contribution is -0.110. The van der Waals surface area contributed by atoms with Crippen molar-refractivity contribution in [2.45, 2.75) is 36.0 Å². The van der Waals surface area contributed by atoms with Crippen LogP contribution in [0.25, 0.3) is 0 Å². The molecular formula is C19H25N3O6S2. The molecule has 11 heteroatoms. The summed E-state index contributed by atoms with van der Waals surface area (Å²) < 4.78 is 29.8. The van der Waals surface area contributed by atoms with Crippen LogP contribution in [0.5, 0.6) is 0 Å². The third kappa shape index (κ3) is 5.63. The first-order chi connectivity index (χ1) is 14.5. The summed E-state index contributed by atoms with van der Waals surface area (Å²) in [5, 5.41) is 15.5. The molecule has 1 saturated carbocycles. The number of aromatic nitrogens is 1. The van der Waals surface area contributed by atoms with E-state index in [1.165, 1.54) is 35.6 Å². The number of thiazole rings is 1. The second-order valence-corrected chi connectivity index (χ2v) is 9.98. The summed E-state index contributed by atoms with van der Waals surface area (Å²) >= 11 is 1.27. The Labute approximate surface area is 180 Å². The fourth-order valence-corrected chi connectivity index (χ4v) is 5.01. The molecule has 1 heterocycles. The van der Waals surface area contributed by atoms with E-state index < -0.39 is 15.7 Å². The molecule has 0 saturated heterocycles. The predicted octanol–water partition coefficient (Wildman–Crippen LogP) is 2.21. The van der Waals surface area contributed by atoms with Crippen molar-refractivity contribution < 1.29 is 29.3 Å². The van der Waals surface area contributed by atoms with Gasteiger partial charge in [0.2, 0.25) is 0 Å². The van der Waals surface area contributed by atoms with Gasteiger partial charge in [-0.2, -0.15) is 0 Å². The number of carbonyl (C=O) groups is 1. The summed E-state index contributed by atoms with van der Waals surface area (Å²) in [7, 11) is -1.75. The Hall–Kier alpha value is -2.34. The van der Waals surface area contributed by atoms with E-state index in [0.29, 0.717) is 36.6 Å². The minimum atomic E-state index is -3.32. The number of anilines is 1. The van der Waals surface area contributed by atoms with Gasteiger partial charge in [0.1, 0.15) is 6.61 Å². The van der Waals surface area contributed by atoms with Crippen LogP contribution in [0, 0.1) is 0 Å². The van der Waals surface area contributed by atoms with Crippen molar-refractivity contribution >= 4 is 37.9 Å². The number of nitrogens with one attached hydrogen (secondary N) is 1. The first-order valence-electron chi connectivity index (χ1n) is 9.36. The molecule has 3 rings (SSSR count).